The Morgan fingerprint density at radius 2 is 1.96 bits per heavy atom. The van der Waals surface area contributed by atoms with E-state index in [0.29, 0.717) is 26.1 Å². The molecule has 0 aliphatic carbocycles. The summed E-state index contributed by atoms with van der Waals surface area (Å²) in [6.45, 7) is 9.38. The van der Waals surface area contributed by atoms with Crippen LogP contribution in [0, 0.1) is 5.92 Å². The monoisotopic (exact) mass is 337 g/mol. The summed E-state index contributed by atoms with van der Waals surface area (Å²) in [7, 11) is 1.66. The minimum atomic E-state index is -0.529. The molecule has 1 aromatic rings. The Bertz CT molecular complexity index is 510. The first-order valence-electron chi connectivity index (χ1n) is 8.40. The number of aliphatic hydroxyl groups is 1. The van der Waals surface area contributed by atoms with Crippen LogP contribution in [0.2, 0.25) is 0 Å². The fourth-order valence-electron chi connectivity index (χ4n) is 2.48. The van der Waals surface area contributed by atoms with E-state index in [1.165, 1.54) is 0 Å². The lowest BCUT2D eigenvalue weighted by atomic mass is 10.1. The van der Waals surface area contributed by atoms with E-state index in [2.05, 4.69) is 0 Å². The highest BCUT2D eigenvalue weighted by molar-refractivity contribution is 5.68. The molecule has 1 amide bonds. The van der Waals surface area contributed by atoms with Crippen molar-refractivity contribution >= 4 is 6.09 Å². The van der Waals surface area contributed by atoms with Gasteiger partial charge in [0.25, 0.3) is 0 Å². The standard InChI is InChI=1S/C19H31NO4/c1-15(14-23-5)12-20(18(22)24-19(2,3)4)13-17-8-6-7-16(11-17)9-10-21/h6-8,11,15,21H,9-10,12-14H2,1-5H3. The summed E-state index contributed by atoms with van der Waals surface area (Å²) in [5.41, 5.74) is 1.55. The van der Waals surface area contributed by atoms with Gasteiger partial charge in [-0.25, -0.2) is 4.79 Å². The van der Waals surface area contributed by atoms with Crippen LogP contribution in [0.25, 0.3) is 0 Å². The molecule has 5 heteroatoms. The Morgan fingerprint density at radius 1 is 1.29 bits per heavy atom. The minimum absolute atomic E-state index is 0.115. The Kier molecular flexibility index (Phi) is 8.22. The number of amides is 1. The van der Waals surface area contributed by atoms with Gasteiger partial charge in [-0.2, -0.15) is 0 Å². The van der Waals surface area contributed by atoms with E-state index < -0.39 is 5.60 Å². The molecule has 1 unspecified atom stereocenters. The highest BCUT2D eigenvalue weighted by Gasteiger charge is 2.23. The molecule has 0 radical (unpaired) electrons. The summed E-state index contributed by atoms with van der Waals surface area (Å²) in [5.74, 6) is 0.211. The van der Waals surface area contributed by atoms with Crippen molar-refractivity contribution < 1.29 is 19.4 Å². The molecule has 0 aromatic heterocycles. The topological polar surface area (TPSA) is 59.0 Å². The Morgan fingerprint density at radius 3 is 2.54 bits per heavy atom. The maximum Gasteiger partial charge on any atom is 0.410 e. The predicted octanol–water partition coefficient (Wildman–Crippen LogP) is 3.24. The Balaban J connectivity index is 2.87. The molecular weight excluding hydrogens is 306 g/mol. The highest BCUT2D eigenvalue weighted by atomic mass is 16.6. The van der Waals surface area contributed by atoms with Crippen LogP contribution in [0.3, 0.4) is 0 Å². The van der Waals surface area contributed by atoms with Crippen LogP contribution in [-0.2, 0) is 22.4 Å². The maximum absolute atomic E-state index is 12.5. The third-order valence-corrected chi connectivity index (χ3v) is 3.40. The van der Waals surface area contributed by atoms with Gasteiger partial charge in [0.2, 0.25) is 0 Å². The fraction of sp³-hybridized carbons (Fsp3) is 0.632. The largest absolute Gasteiger partial charge is 0.444 e. The van der Waals surface area contributed by atoms with Crippen LogP contribution in [0.5, 0.6) is 0 Å². The van der Waals surface area contributed by atoms with Gasteiger partial charge >= 0.3 is 6.09 Å². The average Bonchev–Trinajstić information content (AvgIpc) is 2.46. The zero-order chi connectivity index (χ0) is 18.2. The predicted molar refractivity (Wildman–Crippen MR) is 94.9 cm³/mol. The molecule has 0 spiro atoms. The van der Waals surface area contributed by atoms with Crippen molar-refractivity contribution in [2.45, 2.75) is 46.3 Å². The lowest BCUT2D eigenvalue weighted by Crippen LogP contribution is -2.39. The third kappa shape index (κ3) is 7.79. The van der Waals surface area contributed by atoms with Crippen LogP contribution >= 0.6 is 0 Å². The Labute approximate surface area is 145 Å². The van der Waals surface area contributed by atoms with Gasteiger partial charge in [0, 0.05) is 26.8 Å². The number of hydrogen-bond donors (Lipinski definition) is 1. The SMILES string of the molecule is COCC(C)CN(Cc1cccc(CCO)c1)C(=O)OC(C)(C)C. The van der Waals surface area contributed by atoms with Gasteiger partial charge in [-0.15, -0.1) is 0 Å². The van der Waals surface area contributed by atoms with Crippen molar-refractivity contribution in [1.29, 1.82) is 0 Å². The molecule has 0 saturated carbocycles. The highest BCUT2D eigenvalue weighted by Crippen LogP contribution is 2.15. The van der Waals surface area contributed by atoms with Crippen molar-refractivity contribution in [1.82, 2.24) is 4.90 Å². The molecule has 0 aliphatic heterocycles. The van der Waals surface area contributed by atoms with Gasteiger partial charge in [0.05, 0.1) is 6.61 Å². The molecule has 1 aromatic carbocycles. The number of ether oxygens (including phenoxy) is 2. The number of benzene rings is 1. The number of carbonyl (C=O) groups excluding carboxylic acids is 1. The van der Waals surface area contributed by atoms with E-state index in [1.807, 2.05) is 52.0 Å². The molecule has 136 valence electrons. The van der Waals surface area contributed by atoms with Gasteiger partial charge < -0.3 is 19.5 Å². The summed E-state index contributed by atoms with van der Waals surface area (Å²) in [6, 6.07) is 7.94. The lowest BCUT2D eigenvalue weighted by Gasteiger charge is -2.29. The zero-order valence-electron chi connectivity index (χ0n) is 15.5. The molecule has 5 nitrogen and oxygen atoms in total. The quantitative estimate of drug-likeness (QED) is 0.791. The number of carbonyl (C=O) groups is 1. The van der Waals surface area contributed by atoms with Crippen LogP contribution in [0.15, 0.2) is 24.3 Å². The molecule has 0 heterocycles. The summed E-state index contributed by atoms with van der Waals surface area (Å²) >= 11 is 0. The number of hydrogen-bond acceptors (Lipinski definition) is 4. The smallest absolute Gasteiger partial charge is 0.410 e. The van der Waals surface area contributed by atoms with Crippen molar-refractivity contribution in [3.63, 3.8) is 0 Å². The second-order valence-corrected chi connectivity index (χ2v) is 7.21. The van der Waals surface area contributed by atoms with Crippen LogP contribution in [0.4, 0.5) is 4.79 Å². The Hall–Kier alpha value is -1.59. The summed E-state index contributed by atoms with van der Waals surface area (Å²) < 4.78 is 10.7. The first-order chi connectivity index (χ1) is 11.2. The van der Waals surface area contributed by atoms with Crippen molar-refractivity contribution in [2.75, 3.05) is 26.9 Å². The molecule has 24 heavy (non-hydrogen) atoms. The summed E-state index contributed by atoms with van der Waals surface area (Å²) in [5, 5.41) is 9.09. The number of nitrogens with zero attached hydrogens (tertiary/aromatic N) is 1. The number of rotatable bonds is 8. The third-order valence-electron chi connectivity index (χ3n) is 3.40. The van der Waals surface area contributed by atoms with E-state index in [1.54, 1.807) is 12.0 Å². The normalized spacial score (nSPS) is 12.8. The van der Waals surface area contributed by atoms with Gasteiger partial charge in [0.15, 0.2) is 0 Å². The fourth-order valence-corrected chi connectivity index (χ4v) is 2.48. The zero-order valence-corrected chi connectivity index (χ0v) is 15.5. The second-order valence-electron chi connectivity index (χ2n) is 7.21. The van der Waals surface area contributed by atoms with Crippen LogP contribution < -0.4 is 0 Å². The van der Waals surface area contributed by atoms with Gasteiger partial charge in [0.1, 0.15) is 5.60 Å². The van der Waals surface area contributed by atoms with E-state index in [-0.39, 0.29) is 18.6 Å². The van der Waals surface area contributed by atoms with Crippen molar-refractivity contribution in [3.05, 3.63) is 35.4 Å². The van der Waals surface area contributed by atoms with Gasteiger partial charge in [-0.1, -0.05) is 31.2 Å². The summed E-state index contributed by atoms with van der Waals surface area (Å²) in [4.78, 5) is 14.3. The maximum atomic E-state index is 12.5. The molecule has 1 rings (SSSR count). The van der Waals surface area contributed by atoms with Crippen molar-refractivity contribution in [2.24, 2.45) is 5.92 Å². The summed E-state index contributed by atoms with van der Waals surface area (Å²) in [6.07, 6.45) is 0.290. The van der Waals surface area contributed by atoms with Crippen LogP contribution in [-0.4, -0.2) is 48.6 Å². The number of aliphatic hydroxyl groups excluding tert-OH is 1. The molecule has 0 bridgehead atoms. The lowest BCUT2D eigenvalue weighted by molar-refractivity contribution is 0.0177. The van der Waals surface area contributed by atoms with Gasteiger partial charge in [-0.05, 0) is 44.2 Å². The van der Waals surface area contributed by atoms with Crippen molar-refractivity contribution in [3.8, 4) is 0 Å². The van der Waals surface area contributed by atoms with E-state index in [9.17, 15) is 4.79 Å². The minimum Gasteiger partial charge on any atom is -0.444 e. The molecule has 1 atom stereocenters. The average molecular weight is 337 g/mol. The molecular formula is C19H31NO4. The molecule has 0 aliphatic rings. The first-order valence-corrected chi connectivity index (χ1v) is 8.40. The second kappa shape index (κ2) is 9.64. The van der Waals surface area contributed by atoms with E-state index >= 15 is 0 Å². The molecule has 1 N–H and O–H groups in total. The van der Waals surface area contributed by atoms with Gasteiger partial charge in [-0.3, -0.25) is 0 Å². The molecule has 0 saturated heterocycles. The molecule has 0 fully saturated rings. The van der Waals surface area contributed by atoms with E-state index in [4.69, 9.17) is 14.6 Å². The van der Waals surface area contributed by atoms with E-state index in [0.717, 1.165) is 11.1 Å². The first kappa shape index (κ1) is 20.5. The van der Waals surface area contributed by atoms with Crippen LogP contribution in [0.1, 0.15) is 38.8 Å². The number of methoxy groups -OCH3 is 1.